The van der Waals surface area contributed by atoms with Crippen molar-refractivity contribution < 1.29 is 9.13 Å². The predicted octanol–water partition coefficient (Wildman–Crippen LogP) is 3.34. The Bertz CT molecular complexity index is 513. The van der Waals surface area contributed by atoms with E-state index in [-0.39, 0.29) is 10.6 Å². The van der Waals surface area contributed by atoms with Crippen LogP contribution in [0.15, 0.2) is 30.5 Å². The highest BCUT2D eigenvalue weighted by Gasteiger charge is 2.05. The number of halogens is 2. The second-order valence-corrected chi connectivity index (χ2v) is 5.55. The molecule has 1 heterocycles. The van der Waals surface area contributed by atoms with Crippen LogP contribution in [0.2, 0.25) is 0 Å². The van der Waals surface area contributed by atoms with Gasteiger partial charge < -0.3 is 4.74 Å². The van der Waals surface area contributed by atoms with Crippen molar-refractivity contribution in [2.24, 2.45) is 0 Å². The average Bonchev–Trinajstić information content (AvgIpc) is 2.86. The normalized spacial score (nSPS) is 12.4. The molecule has 2 aromatic rings. The van der Waals surface area contributed by atoms with Crippen LogP contribution in [0.1, 0.15) is 23.9 Å². The molecule has 0 aliphatic heterocycles. The number of hydrogen-bond donors (Lipinski definition) is 0. The highest BCUT2D eigenvalue weighted by Crippen LogP contribution is 2.18. The minimum absolute atomic E-state index is 0.205. The molecule has 2 rings (SSSR count). The summed E-state index contributed by atoms with van der Waals surface area (Å²) in [5, 5.41) is 8.07. The fraction of sp³-hybridized carbons (Fsp3) is 0.385. The Labute approximate surface area is 119 Å². The topological polar surface area (TPSA) is 39.9 Å². The van der Waals surface area contributed by atoms with E-state index in [1.54, 1.807) is 16.8 Å². The molecule has 102 valence electrons. The van der Waals surface area contributed by atoms with Gasteiger partial charge in [0.25, 0.3) is 0 Å². The van der Waals surface area contributed by atoms with Gasteiger partial charge in [0.05, 0.1) is 17.1 Å². The Morgan fingerprint density at radius 3 is 2.74 bits per heavy atom. The van der Waals surface area contributed by atoms with Gasteiger partial charge in [0.1, 0.15) is 11.6 Å². The molecule has 0 aliphatic rings. The lowest BCUT2D eigenvalue weighted by Crippen LogP contribution is -2.05. The van der Waals surface area contributed by atoms with Crippen molar-refractivity contribution in [3.05, 3.63) is 42.0 Å². The summed E-state index contributed by atoms with van der Waals surface area (Å²) in [6, 6.07) is 6.01. The van der Waals surface area contributed by atoms with E-state index >= 15 is 0 Å². The SMILES string of the molecule is CC(Br)c1cn(CCCOc2ccc(F)cc2)nn1. The molecule has 0 fully saturated rings. The van der Waals surface area contributed by atoms with Gasteiger partial charge in [0.15, 0.2) is 0 Å². The highest BCUT2D eigenvalue weighted by molar-refractivity contribution is 9.09. The van der Waals surface area contributed by atoms with Crippen molar-refractivity contribution in [3.63, 3.8) is 0 Å². The van der Waals surface area contributed by atoms with Gasteiger partial charge in [0, 0.05) is 19.2 Å². The number of nitrogens with zero attached hydrogens (tertiary/aromatic N) is 3. The summed E-state index contributed by atoms with van der Waals surface area (Å²) in [5.41, 5.74) is 0.916. The summed E-state index contributed by atoms with van der Waals surface area (Å²) < 4.78 is 20.0. The Morgan fingerprint density at radius 1 is 1.37 bits per heavy atom. The van der Waals surface area contributed by atoms with Crippen LogP contribution in [0.4, 0.5) is 4.39 Å². The fourth-order valence-corrected chi connectivity index (χ4v) is 1.76. The molecule has 0 spiro atoms. The molecule has 0 bridgehead atoms. The maximum atomic E-state index is 12.7. The van der Waals surface area contributed by atoms with Gasteiger partial charge >= 0.3 is 0 Å². The van der Waals surface area contributed by atoms with Gasteiger partial charge in [-0.1, -0.05) is 21.1 Å². The van der Waals surface area contributed by atoms with Crippen LogP contribution in [-0.2, 0) is 6.54 Å². The third-order valence-electron chi connectivity index (χ3n) is 2.58. The number of aryl methyl sites for hydroxylation is 1. The molecular formula is C13H15BrFN3O. The van der Waals surface area contributed by atoms with E-state index in [2.05, 4.69) is 26.2 Å². The van der Waals surface area contributed by atoms with Crippen molar-refractivity contribution in [1.29, 1.82) is 0 Å². The summed E-state index contributed by atoms with van der Waals surface area (Å²) in [6.07, 6.45) is 2.73. The zero-order chi connectivity index (χ0) is 13.7. The first-order valence-electron chi connectivity index (χ1n) is 6.07. The molecule has 1 unspecified atom stereocenters. The van der Waals surface area contributed by atoms with E-state index in [0.717, 1.165) is 18.7 Å². The number of ether oxygens (including phenoxy) is 1. The number of alkyl halides is 1. The van der Waals surface area contributed by atoms with Crippen LogP contribution in [-0.4, -0.2) is 21.6 Å². The first kappa shape index (κ1) is 14.0. The molecule has 0 saturated heterocycles. The van der Waals surface area contributed by atoms with Crippen LogP contribution < -0.4 is 4.74 Å². The number of hydrogen-bond acceptors (Lipinski definition) is 3. The average molecular weight is 328 g/mol. The van der Waals surface area contributed by atoms with Crippen molar-refractivity contribution in [3.8, 4) is 5.75 Å². The third-order valence-corrected chi connectivity index (χ3v) is 3.05. The lowest BCUT2D eigenvalue weighted by molar-refractivity contribution is 0.297. The summed E-state index contributed by atoms with van der Waals surface area (Å²) >= 11 is 3.44. The van der Waals surface area contributed by atoms with Gasteiger partial charge in [-0.3, -0.25) is 4.68 Å². The van der Waals surface area contributed by atoms with Gasteiger partial charge in [0.2, 0.25) is 0 Å². The largest absolute Gasteiger partial charge is 0.494 e. The standard InChI is InChI=1S/C13H15BrFN3O/c1-10(14)13-9-18(17-16-13)7-2-8-19-12-5-3-11(15)4-6-12/h3-6,9-10H,2,7-8H2,1H3. The van der Waals surface area contributed by atoms with E-state index < -0.39 is 0 Å². The molecule has 0 amide bonds. The summed E-state index contributed by atoms with van der Waals surface area (Å²) in [6.45, 7) is 3.31. The van der Waals surface area contributed by atoms with Gasteiger partial charge in [-0.15, -0.1) is 5.10 Å². The Morgan fingerprint density at radius 2 is 2.11 bits per heavy atom. The zero-order valence-corrected chi connectivity index (χ0v) is 12.2. The molecule has 1 aromatic carbocycles. The second-order valence-electron chi connectivity index (χ2n) is 4.18. The lowest BCUT2D eigenvalue weighted by Gasteiger charge is -2.05. The third kappa shape index (κ3) is 4.31. The molecule has 1 atom stereocenters. The van der Waals surface area contributed by atoms with E-state index in [0.29, 0.717) is 12.4 Å². The quantitative estimate of drug-likeness (QED) is 0.603. The first-order valence-corrected chi connectivity index (χ1v) is 6.99. The molecule has 4 nitrogen and oxygen atoms in total. The molecule has 6 heteroatoms. The molecule has 19 heavy (non-hydrogen) atoms. The molecule has 0 N–H and O–H groups in total. The van der Waals surface area contributed by atoms with Crippen LogP contribution in [0.25, 0.3) is 0 Å². The van der Waals surface area contributed by atoms with Crippen molar-refractivity contribution in [2.75, 3.05) is 6.61 Å². The van der Waals surface area contributed by atoms with E-state index in [4.69, 9.17) is 4.74 Å². The van der Waals surface area contributed by atoms with Gasteiger partial charge in [-0.2, -0.15) is 0 Å². The van der Waals surface area contributed by atoms with Crippen LogP contribution in [0.3, 0.4) is 0 Å². The zero-order valence-electron chi connectivity index (χ0n) is 10.6. The Balaban J connectivity index is 1.72. The maximum Gasteiger partial charge on any atom is 0.123 e. The van der Waals surface area contributed by atoms with Gasteiger partial charge in [-0.05, 0) is 31.2 Å². The predicted molar refractivity (Wildman–Crippen MR) is 73.9 cm³/mol. The molecule has 1 aromatic heterocycles. The molecule has 0 aliphatic carbocycles. The summed E-state index contributed by atoms with van der Waals surface area (Å²) in [7, 11) is 0. The van der Waals surface area contributed by atoms with Crippen LogP contribution >= 0.6 is 15.9 Å². The molecular weight excluding hydrogens is 313 g/mol. The summed E-state index contributed by atoms with van der Waals surface area (Å²) in [5.74, 6) is 0.418. The van der Waals surface area contributed by atoms with Crippen LogP contribution in [0, 0.1) is 5.82 Å². The van der Waals surface area contributed by atoms with Gasteiger partial charge in [-0.25, -0.2) is 4.39 Å². The smallest absolute Gasteiger partial charge is 0.123 e. The number of benzene rings is 1. The fourth-order valence-electron chi connectivity index (χ4n) is 1.55. The second kappa shape index (κ2) is 6.65. The van der Waals surface area contributed by atoms with Crippen LogP contribution in [0.5, 0.6) is 5.75 Å². The number of aromatic nitrogens is 3. The Kier molecular flexibility index (Phi) is 4.90. The van der Waals surface area contributed by atoms with Crippen molar-refractivity contribution >= 4 is 15.9 Å². The number of rotatable bonds is 6. The highest BCUT2D eigenvalue weighted by atomic mass is 79.9. The Hall–Kier alpha value is -1.43. The monoisotopic (exact) mass is 327 g/mol. The van der Waals surface area contributed by atoms with E-state index in [1.165, 1.54) is 12.1 Å². The minimum Gasteiger partial charge on any atom is -0.494 e. The van der Waals surface area contributed by atoms with Crippen molar-refractivity contribution in [1.82, 2.24) is 15.0 Å². The van der Waals surface area contributed by atoms with Crippen molar-refractivity contribution in [2.45, 2.75) is 24.7 Å². The molecule has 0 saturated carbocycles. The lowest BCUT2D eigenvalue weighted by atomic mass is 10.3. The molecule has 0 radical (unpaired) electrons. The summed E-state index contributed by atoms with van der Waals surface area (Å²) in [4.78, 5) is 0.205. The van der Waals surface area contributed by atoms with E-state index in [9.17, 15) is 4.39 Å². The maximum absolute atomic E-state index is 12.7. The van der Waals surface area contributed by atoms with E-state index in [1.807, 2.05) is 13.1 Å². The first-order chi connectivity index (χ1) is 9.15. The minimum atomic E-state index is -0.258.